The van der Waals surface area contributed by atoms with Gasteiger partial charge in [0.1, 0.15) is 5.84 Å². The summed E-state index contributed by atoms with van der Waals surface area (Å²) in [4.78, 5) is 5.06. The molecule has 3 N–H and O–H groups in total. The minimum Gasteiger partial charge on any atom is -0.386 e. The van der Waals surface area contributed by atoms with Crippen molar-refractivity contribution in [3.8, 4) is 12.1 Å². The largest absolute Gasteiger partial charge is 0.386 e. The van der Waals surface area contributed by atoms with Gasteiger partial charge in [0, 0.05) is 5.70 Å². The van der Waals surface area contributed by atoms with Gasteiger partial charge in [0.2, 0.25) is 0 Å². The smallest absolute Gasteiger partial charge is 0.178 e. The predicted octanol–water partition coefficient (Wildman–Crippen LogP) is 5.74. The number of thioether (sulfide) groups is 2. The molecule has 2 aliphatic heterocycles. The van der Waals surface area contributed by atoms with Crippen LogP contribution in [0.1, 0.15) is 65.0 Å². The molecule has 0 spiro atoms. The lowest BCUT2D eigenvalue weighted by molar-refractivity contribution is 0.200. The van der Waals surface area contributed by atoms with Crippen molar-refractivity contribution in [2.45, 2.75) is 63.6 Å². The number of nitrogens with two attached hydrogens (primary N) is 1. The van der Waals surface area contributed by atoms with Gasteiger partial charge < -0.3 is 11.1 Å². The van der Waals surface area contributed by atoms with Gasteiger partial charge >= 0.3 is 0 Å². The number of unbranched alkanes of at least 4 members (excludes halogenated alkanes) is 2. The van der Waals surface area contributed by atoms with Gasteiger partial charge in [0.05, 0.1) is 18.2 Å². The zero-order chi connectivity index (χ0) is 23.4. The molecule has 3 atom stereocenters. The van der Waals surface area contributed by atoms with Gasteiger partial charge in [-0.15, -0.1) is 23.5 Å². The highest BCUT2D eigenvalue weighted by Crippen LogP contribution is 2.71. The molecule has 5 nitrogen and oxygen atoms in total. The Bertz CT molecular complexity index is 964. The van der Waals surface area contributed by atoms with E-state index >= 15 is 0 Å². The summed E-state index contributed by atoms with van der Waals surface area (Å²) < 4.78 is -0.855. The maximum absolute atomic E-state index is 10.9. The number of nitrogens with one attached hydrogen (secondary N) is 1. The number of rotatable bonds is 9. The van der Waals surface area contributed by atoms with Crippen molar-refractivity contribution < 1.29 is 0 Å². The molecule has 0 aliphatic carbocycles. The van der Waals surface area contributed by atoms with Crippen LogP contribution < -0.4 is 11.1 Å². The first-order chi connectivity index (χ1) is 15.4. The molecule has 170 valence electrons. The molecule has 2 heterocycles. The first kappa shape index (κ1) is 24.6. The Morgan fingerprint density at radius 2 is 1.62 bits per heavy atom. The fourth-order valence-electron chi connectivity index (χ4n) is 4.84. The van der Waals surface area contributed by atoms with E-state index in [1.165, 1.54) is 0 Å². The molecular weight excluding hydrogens is 434 g/mol. The van der Waals surface area contributed by atoms with Crippen LogP contribution in [0.5, 0.6) is 0 Å². The molecule has 0 saturated heterocycles. The van der Waals surface area contributed by atoms with E-state index in [4.69, 9.17) is 10.7 Å². The topological polar surface area (TPSA) is 98.0 Å². The number of amidine groups is 1. The fourth-order valence-corrected chi connectivity index (χ4v) is 8.57. The van der Waals surface area contributed by atoms with Crippen LogP contribution in [0.3, 0.4) is 0 Å². The zero-order valence-electron chi connectivity index (χ0n) is 19.4. The Morgan fingerprint density at radius 3 is 2.12 bits per heavy atom. The van der Waals surface area contributed by atoms with E-state index in [1.54, 1.807) is 23.5 Å². The highest BCUT2D eigenvalue weighted by Gasteiger charge is 2.76. The van der Waals surface area contributed by atoms with E-state index in [9.17, 15) is 10.5 Å². The highest BCUT2D eigenvalue weighted by molar-refractivity contribution is 8.18. The van der Waals surface area contributed by atoms with Gasteiger partial charge in [-0.1, -0.05) is 57.0 Å². The molecule has 0 aromatic heterocycles. The SMILES string of the molecule is CCCCSC1(SCCCC)N=C(N)[C@@]2(C#N)[C@H](c3ccccc3)NC(C)=C(C)[C@]12C#N. The van der Waals surface area contributed by atoms with Gasteiger partial charge in [0.15, 0.2) is 15.0 Å². The van der Waals surface area contributed by atoms with E-state index in [-0.39, 0.29) is 5.84 Å². The average Bonchev–Trinajstić information content (AvgIpc) is 3.03. The number of nitriles is 2. The predicted molar refractivity (Wildman–Crippen MR) is 136 cm³/mol. The van der Waals surface area contributed by atoms with Crippen LogP contribution in [0.15, 0.2) is 46.6 Å². The van der Waals surface area contributed by atoms with E-state index in [0.717, 1.165) is 54.0 Å². The summed E-state index contributed by atoms with van der Waals surface area (Å²) in [5, 5.41) is 25.3. The Hall–Kier alpha value is -2.09. The highest BCUT2D eigenvalue weighted by atomic mass is 32.2. The summed E-state index contributed by atoms with van der Waals surface area (Å²) in [7, 11) is 0. The lowest BCUT2D eigenvalue weighted by Crippen LogP contribution is -2.61. The maximum atomic E-state index is 10.9. The van der Waals surface area contributed by atoms with Crippen molar-refractivity contribution >= 4 is 29.4 Å². The summed E-state index contributed by atoms with van der Waals surface area (Å²) in [6.07, 6.45) is 4.18. The van der Waals surface area contributed by atoms with Gasteiger partial charge in [0.25, 0.3) is 0 Å². The number of aliphatic imine (C=N–C) groups is 1. The van der Waals surface area contributed by atoms with Crippen molar-refractivity contribution in [3.63, 3.8) is 0 Å². The minimum atomic E-state index is -1.30. The third-order valence-electron chi connectivity index (χ3n) is 6.72. The molecule has 0 fully saturated rings. The third kappa shape index (κ3) is 3.42. The second kappa shape index (κ2) is 9.81. The molecular formula is C25H33N5S2. The number of benzene rings is 1. The van der Waals surface area contributed by atoms with Crippen LogP contribution >= 0.6 is 23.5 Å². The standard InChI is InChI=1S/C25H33N5S2/c1-5-7-14-31-25(32-15-8-6-2)24(17-27)18(3)19(4)29-21(20-12-10-9-11-13-20)23(24,16-26)22(28)30-25/h9-13,21,29H,5-8,14-15H2,1-4H3,(H2,28,30)/t21-,23+,24-/m0/s1. The van der Waals surface area contributed by atoms with Gasteiger partial charge in [-0.05, 0) is 49.3 Å². The molecule has 0 radical (unpaired) electrons. The molecule has 7 heteroatoms. The maximum Gasteiger partial charge on any atom is 0.178 e. The lowest BCUT2D eigenvalue weighted by atomic mass is 9.55. The van der Waals surface area contributed by atoms with Crippen molar-refractivity contribution in [2.75, 3.05) is 11.5 Å². The molecule has 0 bridgehead atoms. The number of hydrogen-bond donors (Lipinski definition) is 2. The summed E-state index contributed by atoms with van der Waals surface area (Å²) in [5.74, 6) is 2.00. The molecule has 2 aliphatic rings. The monoisotopic (exact) mass is 467 g/mol. The molecule has 3 rings (SSSR count). The Kier molecular flexibility index (Phi) is 7.53. The normalized spacial score (nSPS) is 28.3. The molecule has 0 unspecified atom stereocenters. The average molecular weight is 468 g/mol. The van der Waals surface area contributed by atoms with Crippen LogP contribution in [0.2, 0.25) is 0 Å². The summed E-state index contributed by atoms with van der Waals surface area (Å²) in [5.41, 5.74) is 6.95. The zero-order valence-corrected chi connectivity index (χ0v) is 21.1. The van der Waals surface area contributed by atoms with Crippen molar-refractivity contribution in [1.82, 2.24) is 5.32 Å². The summed E-state index contributed by atoms with van der Waals surface area (Å²) in [6.45, 7) is 8.30. The number of allylic oxidation sites excluding steroid dienone is 1. The Labute approximate surface area is 200 Å². The molecule has 0 amide bonds. The van der Waals surface area contributed by atoms with E-state index in [1.807, 2.05) is 44.2 Å². The van der Waals surface area contributed by atoms with Gasteiger partial charge in [-0.3, -0.25) is 0 Å². The lowest BCUT2D eigenvalue weighted by Gasteiger charge is -2.52. The summed E-state index contributed by atoms with van der Waals surface area (Å²) >= 11 is 3.39. The van der Waals surface area contributed by atoms with Gasteiger partial charge in [-0.2, -0.15) is 10.5 Å². The van der Waals surface area contributed by atoms with Crippen LogP contribution in [0.25, 0.3) is 0 Å². The number of nitrogens with zero attached hydrogens (tertiary/aromatic N) is 3. The van der Waals surface area contributed by atoms with Crippen molar-refractivity contribution in [1.29, 1.82) is 10.5 Å². The Balaban J connectivity index is 2.30. The van der Waals surface area contributed by atoms with E-state index < -0.39 is 21.1 Å². The third-order valence-corrected chi connectivity index (χ3v) is 9.99. The number of fused-ring (bicyclic) bond motifs is 1. The van der Waals surface area contributed by atoms with Crippen molar-refractivity contribution in [3.05, 3.63) is 47.2 Å². The quantitative estimate of drug-likeness (QED) is 0.355. The first-order valence-electron chi connectivity index (χ1n) is 11.4. The van der Waals surface area contributed by atoms with Crippen LogP contribution in [-0.2, 0) is 0 Å². The fraction of sp³-hybridized carbons (Fsp3) is 0.560. The van der Waals surface area contributed by atoms with E-state index in [0.29, 0.717) is 0 Å². The molecule has 1 aromatic carbocycles. The van der Waals surface area contributed by atoms with Gasteiger partial charge in [-0.25, -0.2) is 4.99 Å². The summed E-state index contributed by atoms with van der Waals surface area (Å²) in [6, 6.07) is 14.6. The second-order valence-corrected chi connectivity index (χ2v) is 11.3. The molecule has 32 heavy (non-hydrogen) atoms. The minimum absolute atomic E-state index is 0.266. The van der Waals surface area contributed by atoms with Crippen molar-refractivity contribution in [2.24, 2.45) is 21.6 Å². The van der Waals surface area contributed by atoms with Crippen LogP contribution in [-0.4, -0.2) is 21.5 Å². The van der Waals surface area contributed by atoms with E-state index in [2.05, 4.69) is 31.3 Å². The Morgan fingerprint density at radius 1 is 1.03 bits per heavy atom. The number of hydrogen-bond acceptors (Lipinski definition) is 7. The first-order valence-corrected chi connectivity index (χ1v) is 13.3. The molecule has 0 saturated carbocycles. The van der Waals surface area contributed by atoms with Crippen LogP contribution in [0.4, 0.5) is 0 Å². The van der Waals surface area contributed by atoms with Crippen LogP contribution in [0, 0.1) is 33.5 Å². The second-order valence-electron chi connectivity index (χ2n) is 8.50. The molecule has 1 aromatic rings.